The highest BCUT2D eigenvalue weighted by atomic mass is 16.2. The van der Waals surface area contributed by atoms with Gasteiger partial charge in [0.15, 0.2) is 12.3 Å². The van der Waals surface area contributed by atoms with E-state index in [0.717, 1.165) is 18.9 Å². The number of nitrogens with zero attached hydrogens (tertiary/aromatic N) is 5. The lowest BCUT2D eigenvalue weighted by Crippen LogP contribution is -2.67. The first kappa shape index (κ1) is 25.0. The monoisotopic (exact) mass is 490 g/mol. The molecule has 0 aromatic rings. The Hall–Kier alpha value is -1.62. The average molecular weight is 491 g/mol. The maximum Gasteiger partial charge on any atom is 0.325 e. The van der Waals surface area contributed by atoms with Gasteiger partial charge in [-0.15, -0.1) is 0 Å². The molecule has 0 saturated carbocycles. The summed E-state index contributed by atoms with van der Waals surface area (Å²) in [6.07, 6.45) is 5.80. The normalized spacial score (nSPS) is 32.6. The van der Waals surface area contributed by atoms with Crippen LogP contribution >= 0.6 is 0 Å². The lowest BCUT2D eigenvalue weighted by molar-refractivity contribution is -0.0556. The molecule has 0 spiro atoms. The van der Waals surface area contributed by atoms with Crippen molar-refractivity contribution in [1.29, 1.82) is 0 Å². The van der Waals surface area contributed by atoms with E-state index in [2.05, 4.69) is 69.3 Å². The molecule has 0 bridgehead atoms. The van der Waals surface area contributed by atoms with Crippen molar-refractivity contribution in [1.82, 2.24) is 40.4 Å². The molecule has 1 unspecified atom stereocenters. The van der Waals surface area contributed by atoms with Crippen LogP contribution in [0.4, 0.5) is 9.59 Å². The third-order valence-electron chi connectivity index (χ3n) is 8.52. The topological polar surface area (TPSA) is 86.4 Å². The Bertz CT molecular complexity index is 810. The quantitative estimate of drug-likeness (QED) is 0.522. The summed E-state index contributed by atoms with van der Waals surface area (Å²) in [5.41, 5.74) is 0.462. The zero-order valence-electron chi connectivity index (χ0n) is 22.7. The Kier molecular flexibility index (Phi) is 6.06. The highest BCUT2D eigenvalue weighted by molar-refractivity contribution is 5.85. The molecule has 6 fully saturated rings. The molecule has 0 aliphatic carbocycles. The summed E-state index contributed by atoms with van der Waals surface area (Å²) in [4.78, 5) is 35.6. The Labute approximate surface area is 210 Å². The number of nitrogens with one attached hydrogen (secondary N) is 3. The van der Waals surface area contributed by atoms with E-state index in [1.165, 1.54) is 19.3 Å². The van der Waals surface area contributed by atoms with Crippen molar-refractivity contribution in [2.45, 2.75) is 122 Å². The molecule has 6 heterocycles. The van der Waals surface area contributed by atoms with Gasteiger partial charge in [0.2, 0.25) is 0 Å². The second-order valence-electron chi connectivity index (χ2n) is 13.5. The van der Waals surface area contributed by atoms with Gasteiger partial charge in [-0.3, -0.25) is 29.8 Å². The number of rotatable bonds is 1. The number of carbonyl (C=O) groups is 2. The van der Waals surface area contributed by atoms with E-state index in [-0.39, 0.29) is 35.5 Å². The maximum atomic E-state index is 12.9. The number of hydrogen-bond acceptors (Lipinski definition) is 6. The molecule has 3 N–H and O–H groups in total. The van der Waals surface area contributed by atoms with Gasteiger partial charge in [0.25, 0.3) is 0 Å². The zero-order chi connectivity index (χ0) is 25.3. The molecule has 6 aliphatic heterocycles. The molecule has 6 rings (SSSR count). The van der Waals surface area contributed by atoms with Gasteiger partial charge in [-0.1, -0.05) is 6.42 Å². The van der Waals surface area contributed by atoms with Crippen LogP contribution in [-0.2, 0) is 0 Å². The second-order valence-corrected chi connectivity index (χ2v) is 13.5. The van der Waals surface area contributed by atoms with E-state index in [9.17, 15) is 9.59 Å². The van der Waals surface area contributed by atoms with Crippen molar-refractivity contribution < 1.29 is 9.59 Å². The predicted molar refractivity (Wildman–Crippen MR) is 135 cm³/mol. The summed E-state index contributed by atoms with van der Waals surface area (Å²) in [6, 6.07) is 1.14. The van der Waals surface area contributed by atoms with Crippen LogP contribution in [0.1, 0.15) is 80.6 Å². The minimum Gasteiger partial charge on any atom is -0.309 e. The number of urea groups is 2. The van der Waals surface area contributed by atoms with Gasteiger partial charge in [0.05, 0.1) is 26.7 Å². The molecular weight excluding hydrogens is 444 g/mol. The summed E-state index contributed by atoms with van der Waals surface area (Å²) >= 11 is 0. The number of carbonyl (C=O) groups excluding carboxylic acids is 2. The average Bonchev–Trinajstić information content (AvgIpc) is 3.18. The zero-order valence-corrected chi connectivity index (χ0v) is 22.7. The standard InChI is InChI=1S/C17H29N7O2.C8H17N/c1-16(2)5-11(6-17(3,4)19-16)20-9-23-13-12-21(14(23)25)7-18-8-22(12)15(26)24(13)10-20;1-7-5-4-6-8(2,3)9-7/h11-13,18-19H,5-10H2,1-4H3;7,9H,4-6H2,1-3H3. The maximum absolute atomic E-state index is 12.9. The summed E-state index contributed by atoms with van der Waals surface area (Å²) in [7, 11) is 0. The van der Waals surface area contributed by atoms with Crippen molar-refractivity contribution in [2.24, 2.45) is 0 Å². The summed E-state index contributed by atoms with van der Waals surface area (Å²) in [5.74, 6) is 0. The largest absolute Gasteiger partial charge is 0.325 e. The fraction of sp³-hybridized carbons (Fsp3) is 0.920. The van der Waals surface area contributed by atoms with Crippen molar-refractivity contribution in [2.75, 3.05) is 26.7 Å². The third kappa shape index (κ3) is 4.63. The van der Waals surface area contributed by atoms with Crippen molar-refractivity contribution in [3.05, 3.63) is 0 Å². The predicted octanol–water partition coefficient (Wildman–Crippen LogP) is 2.10. The third-order valence-corrected chi connectivity index (χ3v) is 8.52. The van der Waals surface area contributed by atoms with E-state index in [4.69, 9.17) is 0 Å². The van der Waals surface area contributed by atoms with Gasteiger partial charge in [0.1, 0.15) is 0 Å². The molecule has 10 nitrogen and oxygen atoms in total. The Morgan fingerprint density at radius 3 is 1.74 bits per heavy atom. The highest BCUT2D eigenvalue weighted by Crippen LogP contribution is 2.40. The number of hydrogen-bond donors (Lipinski definition) is 3. The van der Waals surface area contributed by atoms with E-state index in [0.29, 0.717) is 38.3 Å². The molecule has 1 atom stereocenters. The van der Waals surface area contributed by atoms with Crippen LogP contribution in [0.2, 0.25) is 0 Å². The number of amides is 4. The Morgan fingerprint density at radius 1 is 0.771 bits per heavy atom. The van der Waals surface area contributed by atoms with Gasteiger partial charge in [-0.05, 0) is 74.1 Å². The second kappa shape index (κ2) is 8.46. The van der Waals surface area contributed by atoms with Crippen LogP contribution in [0.3, 0.4) is 0 Å². The molecule has 6 aliphatic rings. The van der Waals surface area contributed by atoms with Gasteiger partial charge >= 0.3 is 12.1 Å². The Morgan fingerprint density at radius 2 is 1.29 bits per heavy atom. The van der Waals surface area contributed by atoms with Crippen molar-refractivity contribution in [3.8, 4) is 0 Å². The first-order chi connectivity index (χ1) is 16.3. The fourth-order valence-electron chi connectivity index (χ4n) is 7.52. The van der Waals surface area contributed by atoms with Crippen molar-refractivity contribution in [3.63, 3.8) is 0 Å². The smallest absolute Gasteiger partial charge is 0.309 e. The first-order valence-electron chi connectivity index (χ1n) is 13.4. The highest BCUT2D eigenvalue weighted by Gasteiger charge is 2.63. The molecule has 0 aromatic heterocycles. The number of piperidine rings is 2. The fourth-order valence-corrected chi connectivity index (χ4v) is 7.52. The molecule has 0 aromatic carbocycles. The lowest BCUT2D eigenvalue weighted by Gasteiger charge is -2.52. The molecular formula is C25H46N8O2. The van der Waals surface area contributed by atoms with Crippen LogP contribution in [0, 0.1) is 0 Å². The summed E-state index contributed by atoms with van der Waals surface area (Å²) in [6.45, 7) is 18.0. The minimum atomic E-state index is -0.143. The van der Waals surface area contributed by atoms with Crippen LogP contribution in [0.5, 0.6) is 0 Å². The molecule has 4 amide bonds. The SMILES string of the molecule is CC1(C)CC(N2CN3C(=O)N4CNCN5C(=O)N(C2)C3C45)CC(C)(C)N1.CC1CCCC(C)(C)N1. The van der Waals surface area contributed by atoms with Crippen LogP contribution in [0.25, 0.3) is 0 Å². The van der Waals surface area contributed by atoms with Crippen LogP contribution in [0.15, 0.2) is 0 Å². The molecule has 10 heteroatoms. The van der Waals surface area contributed by atoms with E-state index >= 15 is 0 Å². The Balaban J connectivity index is 0.000000239. The van der Waals surface area contributed by atoms with Crippen molar-refractivity contribution >= 4 is 12.1 Å². The molecule has 35 heavy (non-hydrogen) atoms. The molecule has 6 saturated heterocycles. The van der Waals surface area contributed by atoms with Gasteiger partial charge in [0, 0.05) is 28.7 Å². The first-order valence-corrected chi connectivity index (χ1v) is 13.4. The molecule has 0 radical (unpaired) electrons. The summed E-state index contributed by atoms with van der Waals surface area (Å²) in [5, 5.41) is 10.4. The van der Waals surface area contributed by atoms with Gasteiger partial charge < -0.3 is 10.6 Å². The van der Waals surface area contributed by atoms with E-state index < -0.39 is 0 Å². The molecule has 198 valence electrons. The van der Waals surface area contributed by atoms with E-state index in [1.807, 2.05) is 9.80 Å². The van der Waals surface area contributed by atoms with Crippen LogP contribution in [-0.4, -0.2) is 104 Å². The summed E-state index contributed by atoms with van der Waals surface area (Å²) < 4.78 is 0. The van der Waals surface area contributed by atoms with E-state index in [1.54, 1.807) is 9.80 Å². The van der Waals surface area contributed by atoms with Crippen LogP contribution < -0.4 is 16.0 Å². The van der Waals surface area contributed by atoms with Gasteiger partial charge in [-0.25, -0.2) is 9.59 Å². The van der Waals surface area contributed by atoms with Gasteiger partial charge in [-0.2, -0.15) is 0 Å². The lowest BCUT2D eigenvalue weighted by atomic mass is 9.79. The minimum absolute atomic E-state index is 0.0310.